The minimum absolute atomic E-state index is 0.0425. The molecule has 3 atom stereocenters. The van der Waals surface area contributed by atoms with Crippen LogP contribution in [0.3, 0.4) is 0 Å². The first-order chi connectivity index (χ1) is 8.13. The fourth-order valence-corrected chi connectivity index (χ4v) is 2.72. The van der Waals surface area contributed by atoms with Gasteiger partial charge in [0.2, 0.25) is 0 Å². The summed E-state index contributed by atoms with van der Waals surface area (Å²) in [6.45, 7) is 11.1. The fraction of sp³-hybridized carbons (Fsp3) is 0.769. The summed E-state index contributed by atoms with van der Waals surface area (Å²) in [5, 5.41) is 10.1. The van der Waals surface area contributed by atoms with E-state index in [4.69, 9.17) is 9.16 Å². The lowest BCUT2D eigenvalue weighted by Crippen LogP contribution is -2.42. The summed E-state index contributed by atoms with van der Waals surface area (Å²) in [5.41, 5.74) is 0.656. The van der Waals surface area contributed by atoms with Crippen LogP contribution in [0.15, 0.2) is 11.6 Å². The Labute approximate surface area is 109 Å². The summed E-state index contributed by atoms with van der Waals surface area (Å²) >= 11 is 0. The molecule has 1 aliphatic heterocycles. The Balaban J connectivity index is 2.00. The molecule has 1 saturated heterocycles. The molecular formula is C13H22O4Si. The highest BCUT2D eigenvalue weighted by atomic mass is 28.4. The molecular weight excluding hydrogens is 248 g/mol. The summed E-state index contributed by atoms with van der Waals surface area (Å²) in [5.74, 6) is -0.0425. The fourth-order valence-electron chi connectivity index (χ4n) is 1.76. The molecule has 0 saturated carbocycles. The molecule has 1 aliphatic carbocycles. The van der Waals surface area contributed by atoms with Crippen molar-refractivity contribution < 1.29 is 19.1 Å². The van der Waals surface area contributed by atoms with Crippen molar-refractivity contribution in [3.8, 4) is 0 Å². The summed E-state index contributed by atoms with van der Waals surface area (Å²) in [6, 6.07) is 0. The molecule has 0 amide bonds. The number of hydrogen-bond donors (Lipinski definition) is 1. The second-order valence-electron chi connectivity index (χ2n) is 6.64. The Morgan fingerprint density at radius 2 is 2.06 bits per heavy atom. The molecule has 0 spiro atoms. The lowest BCUT2D eigenvalue weighted by Gasteiger charge is -2.36. The zero-order chi connectivity index (χ0) is 13.7. The molecule has 0 radical (unpaired) electrons. The number of carbonyl (C=O) groups excluding carboxylic acids is 1. The van der Waals surface area contributed by atoms with Crippen molar-refractivity contribution in [2.45, 2.75) is 57.2 Å². The Kier molecular flexibility index (Phi) is 3.30. The minimum atomic E-state index is -1.85. The van der Waals surface area contributed by atoms with E-state index < -0.39 is 20.5 Å². The van der Waals surface area contributed by atoms with Crippen molar-refractivity contribution in [2.24, 2.45) is 0 Å². The van der Waals surface area contributed by atoms with Gasteiger partial charge in [0.15, 0.2) is 14.1 Å². The second kappa shape index (κ2) is 4.26. The second-order valence-corrected chi connectivity index (χ2v) is 11.4. The normalized spacial score (nSPS) is 32.0. The van der Waals surface area contributed by atoms with E-state index in [0.29, 0.717) is 12.2 Å². The number of carbonyl (C=O) groups is 1. The highest BCUT2D eigenvalue weighted by Gasteiger charge is 2.53. The summed E-state index contributed by atoms with van der Waals surface area (Å²) < 4.78 is 11.2. The van der Waals surface area contributed by atoms with Gasteiger partial charge in [0.25, 0.3) is 0 Å². The van der Waals surface area contributed by atoms with Crippen molar-refractivity contribution >= 4 is 14.1 Å². The zero-order valence-electron chi connectivity index (χ0n) is 11.7. The van der Waals surface area contributed by atoms with E-state index in [9.17, 15) is 9.90 Å². The number of ether oxygens (including phenoxy) is 1. The smallest absolute Gasteiger partial charge is 0.192 e. The van der Waals surface area contributed by atoms with Crippen molar-refractivity contribution in [3.63, 3.8) is 0 Å². The lowest BCUT2D eigenvalue weighted by molar-refractivity contribution is -0.116. The predicted octanol–water partition coefficient (Wildman–Crippen LogP) is 1.65. The molecule has 0 aromatic rings. The van der Waals surface area contributed by atoms with E-state index in [1.807, 2.05) is 0 Å². The Hall–Kier alpha value is -0.493. The summed E-state index contributed by atoms with van der Waals surface area (Å²) in [4.78, 5) is 11.6. The summed E-state index contributed by atoms with van der Waals surface area (Å²) in [6.07, 6.45) is 0.0704. The Bertz CT molecular complexity index is 394. The van der Waals surface area contributed by atoms with Crippen LogP contribution in [0.2, 0.25) is 18.1 Å². The maximum atomic E-state index is 11.6. The van der Waals surface area contributed by atoms with Gasteiger partial charge >= 0.3 is 0 Å². The third kappa shape index (κ3) is 2.45. The molecule has 5 heteroatoms. The zero-order valence-corrected chi connectivity index (χ0v) is 12.7. The van der Waals surface area contributed by atoms with Gasteiger partial charge < -0.3 is 14.3 Å². The quantitative estimate of drug-likeness (QED) is 0.626. The third-order valence-electron chi connectivity index (χ3n) is 4.23. The van der Waals surface area contributed by atoms with E-state index in [1.165, 1.54) is 6.08 Å². The molecule has 1 heterocycles. The first-order valence-corrected chi connectivity index (χ1v) is 9.26. The molecule has 2 aliphatic rings. The standard InChI is InChI=1S/C13H22O4Si/c1-13(2,3)18(4,5)16-7-8-6-9(14)11-12(17-11)10(8)15/h6,10-12,15H,7H2,1-5H3/t10-,11-,12+/m0/s1. The molecule has 2 rings (SSSR count). The largest absolute Gasteiger partial charge is 0.413 e. The topological polar surface area (TPSA) is 59.1 Å². The van der Waals surface area contributed by atoms with Crippen LogP contribution >= 0.6 is 0 Å². The van der Waals surface area contributed by atoms with Gasteiger partial charge in [0.1, 0.15) is 18.3 Å². The van der Waals surface area contributed by atoms with Crippen LogP contribution in [0.5, 0.6) is 0 Å². The van der Waals surface area contributed by atoms with Gasteiger partial charge in [0, 0.05) is 0 Å². The number of hydrogen-bond acceptors (Lipinski definition) is 4. The number of aliphatic hydroxyl groups excluding tert-OH is 1. The van der Waals surface area contributed by atoms with Crippen LogP contribution in [0.25, 0.3) is 0 Å². The van der Waals surface area contributed by atoms with Crippen molar-refractivity contribution in [1.82, 2.24) is 0 Å². The highest BCUT2D eigenvalue weighted by Crippen LogP contribution is 2.38. The highest BCUT2D eigenvalue weighted by molar-refractivity contribution is 6.74. The number of ketones is 1. The SMILES string of the molecule is CC(C)(C)[Si](C)(C)OCC1=CC(=O)[C@@H]2O[C@@H]2[C@H]1O. The average Bonchev–Trinajstić information content (AvgIpc) is 3.00. The monoisotopic (exact) mass is 270 g/mol. The van der Waals surface area contributed by atoms with Crippen LogP contribution < -0.4 is 0 Å². The third-order valence-corrected chi connectivity index (χ3v) is 8.71. The number of rotatable bonds is 3. The van der Waals surface area contributed by atoms with Gasteiger partial charge in [-0.25, -0.2) is 0 Å². The summed E-state index contributed by atoms with van der Waals surface area (Å²) in [7, 11) is -1.85. The van der Waals surface area contributed by atoms with Gasteiger partial charge in [-0.15, -0.1) is 0 Å². The molecule has 0 unspecified atom stereocenters. The molecule has 0 aromatic heterocycles. The number of aliphatic hydroxyl groups is 1. The van der Waals surface area contributed by atoms with Crippen molar-refractivity contribution in [2.75, 3.05) is 6.61 Å². The molecule has 0 bridgehead atoms. The van der Waals surface area contributed by atoms with Gasteiger partial charge in [-0.05, 0) is 29.8 Å². The van der Waals surface area contributed by atoms with Gasteiger partial charge in [-0.3, -0.25) is 4.79 Å². The van der Waals surface area contributed by atoms with Crippen molar-refractivity contribution in [3.05, 3.63) is 11.6 Å². The van der Waals surface area contributed by atoms with Gasteiger partial charge in [-0.1, -0.05) is 20.8 Å². The maximum Gasteiger partial charge on any atom is 0.192 e. The van der Waals surface area contributed by atoms with Crippen LogP contribution in [0.1, 0.15) is 20.8 Å². The van der Waals surface area contributed by atoms with E-state index in [-0.39, 0.29) is 16.9 Å². The van der Waals surface area contributed by atoms with E-state index in [2.05, 4.69) is 33.9 Å². The van der Waals surface area contributed by atoms with E-state index in [1.54, 1.807) is 0 Å². The maximum absolute atomic E-state index is 11.6. The Morgan fingerprint density at radius 1 is 1.44 bits per heavy atom. The minimum Gasteiger partial charge on any atom is -0.413 e. The molecule has 1 fully saturated rings. The first-order valence-electron chi connectivity index (χ1n) is 6.35. The Morgan fingerprint density at radius 3 is 2.61 bits per heavy atom. The van der Waals surface area contributed by atoms with Gasteiger partial charge in [0.05, 0.1) is 6.61 Å². The molecule has 18 heavy (non-hydrogen) atoms. The number of fused-ring (bicyclic) bond motifs is 1. The van der Waals surface area contributed by atoms with Crippen LogP contribution in [-0.2, 0) is 14.0 Å². The van der Waals surface area contributed by atoms with Crippen LogP contribution in [0.4, 0.5) is 0 Å². The first kappa shape index (κ1) is 13.9. The van der Waals surface area contributed by atoms with Crippen LogP contribution in [-0.4, -0.2) is 44.1 Å². The van der Waals surface area contributed by atoms with Crippen LogP contribution in [0, 0.1) is 0 Å². The van der Waals surface area contributed by atoms with Crippen molar-refractivity contribution in [1.29, 1.82) is 0 Å². The lowest BCUT2D eigenvalue weighted by atomic mass is 9.96. The molecule has 1 N–H and O–H groups in total. The number of epoxide rings is 1. The van der Waals surface area contributed by atoms with E-state index in [0.717, 1.165) is 0 Å². The molecule has 0 aromatic carbocycles. The van der Waals surface area contributed by atoms with Gasteiger partial charge in [-0.2, -0.15) is 0 Å². The average molecular weight is 270 g/mol. The van der Waals surface area contributed by atoms with E-state index >= 15 is 0 Å². The predicted molar refractivity (Wildman–Crippen MR) is 70.9 cm³/mol. The molecule has 4 nitrogen and oxygen atoms in total. The molecule has 102 valence electrons.